The van der Waals surface area contributed by atoms with Crippen LogP contribution in [0.15, 0.2) is 53.7 Å². The van der Waals surface area contributed by atoms with E-state index in [2.05, 4.69) is 20.8 Å². The number of nitrogens with one attached hydrogen (secondary N) is 2. The highest BCUT2D eigenvalue weighted by atomic mass is 35.5. The second kappa shape index (κ2) is 13.4. The standard InChI is InChI=1S/C24H28ClN5O3S2/c1-4-30-22(20(13-14-34-3)27-23(32)16-9-11-17(33-2)12-10-16)28-29-24(30)35-15-21(31)26-19-8-6-5-7-18(19)25/h5-12,20H,4,13-15H2,1-3H3,(H,26,31)(H,27,32). The van der Waals surface area contributed by atoms with Crippen LogP contribution in [0.1, 0.15) is 35.6 Å². The molecule has 0 fully saturated rings. The zero-order valence-corrected chi connectivity index (χ0v) is 22.2. The summed E-state index contributed by atoms with van der Waals surface area (Å²) in [6, 6.07) is 13.7. The van der Waals surface area contributed by atoms with Gasteiger partial charge in [0, 0.05) is 12.1 Å². The van der Waals surface area contributed by atoms with E-state index in [0.717, 1.165) is 5.75 Å². The second-order valence-corrected chi connectivity index (χ2v) is 9.77. The Hall–Kier alpha value is -2.69. The molecule has 2 aromatic carbocycles. The number of carbonyl (C=O) groups excluding carboxylic acids is 2. The summed E-state index contributed by atoms with van der Waals surface area (Å²) in [7, 11) is 1.58. The molecule has 0 aliphatic rings. The number of para-hydroxylation sites is 1. The van der Waals surface area contributed by atoms with Gasteiger partial charge in [0.2, 0.25) is 5.91 Å². The van der Waals surface area contributed by atoms with E-state index in [1.807, 2.05) is 23.8 Å². The summed E-state index contributed by atoms with van der Waals surface area (Å²) in [4.78, 5) is 25.4. The van der Waals surface area contributed by atoms with Crippen molar-refractivity contribution in [3.63, 3.8) is 0 Å². The largest absolute Gasteiger partial charge is 0.497 e. The minimum Gasteiger partial charge on any atom is -0.497 e. The molecule has 35 heavy (non-hydrogen) atoms. The fraction of sp³-hybridized carbons (Fsp3) is 0.333. The molecule has 2 amide bonds. The van der Waals surface area contributed by atoms with E-state index in [1.165, 1.54) is 11.8 Å². The Morgan fingerprint density at radius 1 is 1.14 bits per heavy atom. The van der Waals surface area contributed by atoms with Gasteiger partial charge in [0.15, 0.2) is 11.0 Å². The first-order valence-electron chi connectivity index (χ1n) is 11.0. The van der Waals surface area contributed by atoms with E-state index in [1.54, 1.807) is 61.3 Å². The third kappa shape index (κ3) is 7.39. The van der Waals surface area contributed by atoms with Crippen LogP contribution in [0.5, 0.6) is 5.75 Å². The quantitative estimate of drug-likeness (QED) is 0.319. The Kier molecular flexibility index (Phi) is 10.3. The lowest BCUT2D eigenvalue weighted by atomic mass is 10.1. The average molecular weight is 534 g/mol. The molecule has 3 aromatic rings. The van der Waals surface area contributed by atoms with Gasteiger partial charge in [-0.15, -0.1) is 10.2 Å². The molecule has 3 rings (SSSR count). The molecular formula is C24H28ClN5O3S2. The first kappa shape index (κ1) is 26.9. The molecule has 1 aromatic heterocycles. The Bertz CT molecular complexity index is 1140. The van der Waals surface area contributed by atoms with Crippen LogP contribution in [-0.2, 0) is 11.3 Å². The Morgan fingerprint density at radius 3 is 2.54 bits per heavy atom. The highest BCUT2D eigenvalue weighted by Crippen LogP contribution is 2.25. The predicted molar refractivity (Wildman–Crippen MR) is 143 cm³/mol. The number of hydrogen-bond donors (Lipinski definition) is 2. The number of carbonyl (C=O) groups is 2. The lowest BCUT2D eigenvalue weighted by Gasteiger charge is -2.19. The van der Waals surface area contributed by atoms with Crippen molar-refractivity contribution in [2.45, 2.75) is 31.1 Å². The van der Waals surface area contributed by atoms with Gasteiger partial charge in [-0.1, -0.05) is 35.5 Å². The molecule has 2 N–H and O–H groups in total. The molecule has 1 heterocycles. The normalized spacial score (nSPS) is 11.7. The van der Waals surface area contributed by atoms with Crippen LogP contribution in [0.3, 0.4) is 0 Å². The van der Waals surface area contributed by atoms with E-state index in [0.29, 0.717) is 46.0 Å². The molecule has 0 spiro atoms. The Balaban J connectivity index is 1.71. The smallest absolute Gasteiger partial charge is 0.251 e. The van der Waals surface area contributed by atoms with Gasteiger partial charge in [-0.25, -0.2) is 0 Å². The van der Waals surface area contributed by atoms with Gasteiger partial charge in [-0.2, -0.15) is 11.8 Å². The zero-order valence-electron chi connectivity index (χ0n) is 19.8. The van der Waals surface area contributed by atoms with Crippen LogP contribution in [-0.4, -0.2) is 51.5 Å². The van der Waals surface area contributed by atoms with E-state index in [9.17, 15) is 9.59 Å². The molecule has 0 bridgehead atoms. The number of anilines is 1. The van der Waals surface area contributed by atoms with Gasteiger partial charge < -0.3 is 19.9 Å². The number of benzene rings is 2. The van der Waals surface area contributed by atoms with Crippen LogP contribution in [0, 0.1) is 0 Å². The van der Waals surface area contributed by atoms with Crippen LogP contribution >= 0.6 is 35.1 Å². The molecule has 8 nitrogen and oxygen atoms in total. The van der Waals surface area contributed by atoms with Gasteiger partial charge >= 0.3 is 0 Å². The summed E-state index contributed by atoms with van der Waals surface area (Å²) in [5, 5.41) is 15.7. The molecule has 11 heteroatoms. The van der Waals surface area contributed by atoms with Crippen molar-refractivity contribution in [2.24, 2.45) is 0 Å². The van der Waals surface area contributed by atoms with Crippen molar-refractivity contribution in [2.75, 3.05) is 30.2 Å². The number of nitrogens with zero attached hydrogens (tertiary/aromatic N) is 3. The van der Waals surface area contributed by atoms with Gasteiger partial charge in [-0.05, 0) is 61.8 Å². The van der Waals surface area contributed by atoms with Gasteiger partial charge in [0.05, 0.1) is 29.6 Å². The maximum atomic E-state index is 12.9. The summed E-state index contributed by atoms with van der Waals surface area (Å²) in [5.74, 6) is 1.95. The van der Waals surface area contributed by atoms with Crippen molar-refractivity contribution in [1.82, 2.24) is 20.1 Å². The number of ether oxygens (including phenoxy) is 1. The summed E-state index contributed by atoms with van der Waals surface area (Å²) in [6.45, 7) is 2.59. The first-order chi connectivity index (χ1) is 17.0. The first-order valence-corrected chi connectivity index (χ1v) is 13.8. The van der Waals surface area contributed by atoms with Crippen molar-refractivity contribution in [3.8, 4) is 5.75 Å². The van der Waals surface area contributed by atoms with Gasteiger partial charge in [0.25, 0.3) is 5.91 Å². The fourth-order valence-corrected chi connectivity index (χ4v) is 4.79. The monoisotopic (exact) mass is 533 g/mol. The van der Waals surface area contributed by atoms with Crippen molar-refractivity contribution in [1.29, 1.82) is 0 Å². The molecule has 0 aliphatic carbocycles. The number of halogens is 1. The topological polar surface area (TPSA) is 98.1 Å². The summed E-state index contributed by atoms with van der Waals surface area (Å²) < 4.78 is 7.11. The highest BCUT2D eigenvalue weighted by molar-refractivity contribution is 7.99. The molecule has 0 radical (unpaired) electrons. The molecule has 1 unspecified atom stereocenters. The number of hydrogen-bond acceptors (Lipinski definition) is 7. The number of rotatable bonds is 12. The summed E-state index contributed by atoms with van der Waals surface area (Å²) in [6.07, 6.45) is 2.71. The lowest BCUT2D eigenvalue weighted by Crippen LogP contribution is -2.31. The minimum absolute atomic E-state index is 0.150. The predicted octanol–water partition coefficient (Wildman–Crippen LogP) is 4.92. The SMILES string of the molecule is CCn1c(SCC(=O)Nc2ccccc2Cl)nnc1C(CCSC)NC(=O)c1ccc(OC)cc1. The average Bonchev–Trinajstić information content (AvgIpc) is 3.29. The van der Waals surface area contributed by atoms with Gasteiger partial charge in [-0.3, -0.25) is 9.59 Å². The Morgan fingerprint density at radius 2 is 1.89 bits per heavy atom. The second-order valence-electron chi connectivity index (χ2n) is 7.44. The minimum atomic E-state index is -0.323. The van der Waals surface area contributed by atoms with Gasteiger partial charge in [0.1, 0.15) is 5.75 Å². The van der Waals surface area contributed by atoms with Crippen LogP contribution in [0.4, 0.5) is 5.69 Å². The molecule has 186 valence electrons. The van der Waals surface area contributed by atoms with Crippen LogP contribution in [0.2, 0.25) is 5.02 Å². The maximum absolute atomic E-state index is 12.9. The third-order valence-corrected chi connectivity index (χ3v) is 7.06. The van der Waals surface area contributed by atoms with Crippen molar-refractivity contribution >= 4 is 52.6 Å². The number of thioether (sulfide) groups is 2. The number of aromatic nitrogens is 3. The number of amides is 2. The van der Waals surface area contributed by atoms with E-state index >= 15 is 0 Å². The molecule has 0 saturated carbocycles. The van der Waals surface area contributed by atoms with Crippen LogP contribution in [0.25, 0.3) is 0 Å². The molecule has 0 aliphatic heterocycles. The Labute approximate surface area is 218 Å². The number of methoxy groups -OCH3 is 1. The molecule has 0 saturated heterocycles. The summed E-state index contributed by atoms with van der Waals surface area (Å²) >= 11 is 9.11. The fourth-order valence-electron chi connectivity index (χ4n) is 3.33. The lowest BCUT2D eigenvalue weighted by molar-refractivity contribution is -0.113. The van der Waals surface area contributed by atoms with Crippen molar-refractivity contribution in [3.05, 3.63) is 64.9 Å². The van der Waals surface area contributed by atoms with Crippen LogP contribution < -0.4 is 15.4 Å². The summed E-state index contributed by atoms with van der Waals surface area (Å²) in [5.41, 5.74) is 1.10. The van der Waals surface area contributed by atoms with E-state index in [4.69, 9.17) is 16.3 Å². The molecular weight excluding hydrogens is 506 g/mol. The maximum Gasteiger partial charge on any atom is 0.251 e. The third-order valence-electron chi connectivity index (χ3n) is 5.12. The highest BCUT2D eigenvalue weighted by Gasteiger charge is 2.23. The zero-order chi connectivity index (χ0) is 25.2. The van der Waals surface area contributed by atoms with E-state index in [-0.39, 0.29) is 23.6 Å². The van der Waals surface area contributed by atoms with Crippen molar-refractivity contribution < 1.29 is 14.3 Å². The van der Waals surface area contributed by atoms with E-state index < -0.39 is 0 Å². The molecule has 1 atom stereocenters.